The minimum atomic E-state index is 0.158. The summed E-state index contributed by atoms with van der Waals surface area (Å²) < 4.78 is 5.65. The number of benzene rings is 1. The summed E-state index contributed by atoms with van der Waals surface area (Å²) in [7, 11) is 0. The second kappa shape index (κ2) is 6.54. The van der Waals surface area contributed by atoms with Crippen molar-refractivity contribution < 1.29 is 9.53 Å². The second-order valence-corrected chi connectivity index (χ2v) is 5.09. The van der Waals surface area contributed by atoms with Crippen molar-refractivity contribution in [1.29, 1.82) is 0 Å². The quantitative estimate of drug-likeness (QED) is 0.923. The van der Waals surface area contributed by atoms with Crippen LogP contribution in [0.25, 0.3) is 10.9 Å². The fraction of sp³-hybridized carbons (Fsp3) is 0.375. The lowest BCUT2D eigenvalue weighted by atomic mass is 10.2. The molecule has 1 aromatic heterocycles. The zero-order valence-corrected chi connectivity index (χ0v) is 11.9. The van der Waals surface area contributed by atoms with E-state index in [-0.39, 0.29) is 5.91 Å². The summed E-state index contributed by atoms with van der Waals surface area (Å²) in [6.07, 6.45) is 2.12. The number of aromatic nitrogens is 1. The number of ether oxygens (including phenoxy) is 1. The number of piperazine rings is 1. The maximum atomic E-state index is 12.0. The molecule has 0 unspecified atom stereocenters. The van der Waals surface area contributed by atoms with Crippen LogP contribution in [-0.4, -0.2) is 48.6 Å². The molecule has 1 aliphatic rings. The molecule has 2 heterocycles. The van der Waals surface area contributed by atoms with Gasteiger partial charge in [0.2, 0.25) is 5.91 Å². The molecule has 3 rings (SSSR count). The van der Waals surface area contributed by atoms with Crippen LogP contribution in [0.4, 0.5) is 0 Å². The van der Waals surface area contributed by atoms with Crippen molar-refractivity contribution in [2.45, 2.75) is 6.42 Å². The van der Waals surface area contributed by atoms with E-state index in [1.165, 1.54) is 0 Å². The molecule has 1 aliphatic heterocycles. The van der Waals surface area contributed by atoms with Gasteiger partial charge in [-0.05, 0) is 12.1 Å². The van der Waals surface area contributed by atoms with E-state index in [9.17, 15) is 4.79 Å². The molecular formula is C16H19N3O2. The highest BCUT2D eigenvalue weighted by atomic mass is 16.5. The third-order valence-corrected chi connectivity index (χ3v) is 3.62. The summed E-state index contributed by atoms with van der Waals surface area (Å²) in [4.78, 5) is 18.2. The molecule has 0 spiro atoms. The SMILES string of the molecule is O=C(CCOc1cnc2ccccc2c1)N1CCNCC1. The van der Waals surface area contributed by atoms with Crippen molar-refractivity contribution in [3.05, 3.63) is 36.5 Å². The van der Waals surface area contributed by atoms with Gasteiger partial charge in [0.15, 0.2) is 0 Å². The van der Waals surface area contributed by atoms with Crippen molar-refractivity contribution in [3.63, 3.8) is 0 Å². The lowest BCUT2D eigenvalue weighted by molar-refractivity contribution is -0.132. The number of hydrogen-bond donors (Lipinski definition) is 1. The first-order chi connectivity index (χ1) is 10.3. The fourth-order valence-corrected chi connectivity index (χ4v) is 2.46. The molecule has 21 heavy (non-hydrogen) atoms. The van der Waals surface area contributed by atoms with Crippen LogP contribution in [0.3, 0.4) is 0 Å². The fourth-order valence-electron chi connectivity index (χ4n) is 2.46. The van der Waals surface area contributed by atoms with Crippen LogP contribution in [0.15, 0.2) is 36.5 Å². The Kier molecular flexibility index (Phi) is 4.31. The highest BCUT2D eigenvalue weighted by Gasteiger charge is 2.15. The molecule has 0 saturated carbocycles. The Morgan fingerprint density at radius 2 is 2.10 bits per heavy atom. The number of nitrogens with zero attached hydrogens (tertiary/aromatic N) is 2. The maximum Gasteiger partial charge on any atom is 0.226 e. The number of rotatable bonds is 4. The Morgan fingerprint density at radius 3 is 2.95 bits per heavy atom. The molecule has 110 valence electrons. The molecule has 0 atom stereocenters. The van der Waals surface area contributed by atoms with Crippen molar-refractivity contribution in [2.24, 2.45) is 0 Å². The van der Waals surface area contributed by atoms with Crippen LogP contribution in [0.1, 0.15) is 6.42 Å². The minimum Gasteiger partial charge on any atom is -0.491 e. The number of nitrogens with one attached hydrogen (secondary N) is 1. The Hall–Kier alpha value is -2.14. The number of para-hydroxylation sites is 1. The highest BCUT2D eigenvalue weighted by Crippen LogP contribution is 2.17. The predicted molar refractivity (Wildman–Crippen MR) is 81.3 cm³/mol. The van der Waals surface area contributed by atoms with E-state index < -0.39 is 0 Å². The Morgan fingerprint density at radius 1 is 1.29 bits per heavy atom. The van der Waals surface area contributed by atoms with Gasteiger partial charge in [0.1, 0.15) is 5.75 Å². The first-order valence-electron chi connectivity index (χ1n) is 7.29. The van der Waals surface area contributed by atoms with Gasteiger partial charge in [0.05, 0.1) is 24.7 Å². The number of hydrogen-bond acceptors (Lipinski definition) is 4. The van der Waals surface area contributed by atoms with E-state index in [4.69, 9.17) is 4.74 Å². The molecule has 1 aromatic carbocycles. The lowest BCUT2D eigenvalue weighted by Crippen LogP contribution is -2.46. The molecule has 1 N–H and O–H groups in total. The van der Waals surface area contributed by atoms with Gasteiger partial charge in [-0.15, -0.1) is 0 Å². The minimum absolute atomic E-state index is 0.158. The van der Waals surface area contributed by atoms with E-state index in [2.05, 4.69) is 10.3 Å². The van der Waals surface area contributed by atoms with Gasteiger partial charge in [-0.2, -0.15) is 0 Å². The Labute approximate surface area is 123 Å². The molecular weight excluding hydrogens is 266 g/mol. The first kappa shape index (κ1) is 13.8. The van der Waals surface area contributed by atoms with Crippen LogP contribution >= 0.6 is 0 Å². The van der Waals surface area contributed by atoms with E-state index in [1.807, 2.05) is 35.2 Å². The average molecular weight is 285 g/mol. The summed E-state index contributed by atoms with van der Waals surface area (Å²) in [5.74, 6) is 0.868. The molecule has 1 saturated heterocycles. The first-order valence-corrected chi connectivity index (χ1v) is 7.29. The standard InChI is InChI=1S/C16H19N3O2/c20-16(19-8-6-17-7-9-19)5-10-21-14-11-13-3-1-2-4-15(13)18-12-14/h1-4,11-12,17H,5-10H2. The van der Waals surface area contributed by atoms with E-state index in [1.54, 1.807) is 6.20 Å². The molecule has 2 aromatic rings. The van der Waals surface area contributed by atoms with Crippen LogP contribution in [0.2, 0.25) is 0 Å². The molecule has 0 aliphatic carbocycles. The normalized spacial score (nSPS) is 15.1. The van der Waals surface area contributed by atoms with Crippen molar-refractivity contribution in [1.82, 2.24) is 15.2 Å². The smallest absolute Gasteiger partial charge is 0.226 e. The Balaban J connectivity index is 1.53. The van der Waals surface area contributed by atoms with Gasteiger partial charge in [0.25, 0.3) is 0 Å². The topological polar surface area (TPSA) is 54.5 Å². The number of carbonyl (C=O) groups is 1. The van der Waals surface area contributed by atoms with Gasteiger partial charge in [-0.25, -0.2) is 0 Å². The zero-order chi connectivity index (χ0) is 14.5. The zero-order valence-electron chi connectivity index (χ0n) is 11.9. The van der Waals surface area contributed by atoms with Gasteiger partial charge in [-0.1, -0.05) is 18.2 Å². The van der Waals surface area contributed by atoms with E-state index in [0.717, 1.165) is 37.1 Å². The third-order valence-electron chi connectivity index (χ3n) is 3.62. The number of amides is 1. The molecule has 1 fully saturated rings. The molecule has 0 bridgehead atoms. The van der Waals surface area contributed by atoms with Gasteiger partial charge < -0.3 is 15.0 Å². The second-order valence-electron chi connectivity index (χ2n) is 5.09. The monoisotopic (exact) mass is 285 g/mol. The summed E-state index contributed by atoms with van der Waals surface area (Å²) in [5.41, 5.74) is 0.946. The van der Waals surface area contributed by atoms with E-state index >= 15 is 0 Å². The number of carbonyl (C=O) groups excluding carboxylic acids is 1. The molecule has 5 nitrogen and oxygen atoms in total. The van der Waals surface area contributed by atoms with Crippen LogP contribution in [-0.2, 0) is 4.79 Å². The van der Waals surface area contributed by atoms with E-state index in [0.29, 0.717) is 18.8 Å². The number of pyridine rings is 1. The van der Waals surface area contributed by atoms with Gasteiger partial charge in [0, 0.05) is 31.6 Å². The molecule has 5 heteroatoms. The predicted octanol–water partition coefficient (Wildman–Crippen LogP) is 1.44. The van der Waals surface area contributed by atoms with Gasteiger partial charge >= 0.3 is 0 Å². The van der Waals surface area contributed by atoms with Crippen LogP contribution < -0.4 is 10.1 Å². The molecule has 0 radical (unpaired) electrons. The maximum absolute atomic E-state index is 12.0. The third kappa shape index (κ3) is 3.49. The van der Waals surface area contributed by atoms with Crippen LogP contribution in [0, 0.1) is 0 Å². The highest BCUT2D eigenvalue weighted by molar-refractivity contribution is 5.79. The number of fused-ring (bicyclic) bond motifs is 1. The van der Waals surface area contributed by atoms with Gasteiger partial charge in [-0.3, -0.25) is 9.78 Å². The summed E-state index contributed by atoms with van der Waals surface area (Å²) in [6, 6.07) is 9.86. The van der Waals surface area contributed by atoms with Crippen LogP contribution in [0.5, 0.6) is 5.75 Å². The summed E-state index contributed by atoms with van der Waals surface area (Å²) in [5, 5.41) is 4.28. The van der Waals surface area contributed by atoms with Crippen molar-refractivity contribution in [2.75, 3.05) is 32.8 Å². The molecule has 1 amide bonds. The summed E-state index contributed by atoms with van der Waals surface area (Å²) in [6.45, 7) is 3.72. The largest absolute Gasteiger partial charge is 0.491 e. The summed E-state index contributed by atoms with van der Waals surface area (Å²) >= 11 is 0. The van der Waals surface area contributed by atoms with Crippen molar-refractivity contribution in [3.8, 4) is 5.75 Å². The lowest BCUT2D eigenvalue weighted by Gasteiger charge is -2.27. The average Bonchev–Trinajstić information content (AvgIpc) is 2.55. The van der Waals surface area contributed by atoms with Crippen molar-refractivity contribution >= 4 is 16.8 Å². The Bertz CT molecular complexity index is 624.